The third-order valence-electron chi connectivity index (χ3n) is 3.26. The molecule has 1 saturated heterocycles. The molecule has 0 saturated carbocycles. The fourth-order valence-electron chi connectivity index (χ4n) is 2.26. The Kier molecular flexibility index (Phi) is 3.84. The number of rotatable bonds is 2. The maximum atomic E-state index is 12.1. The van der Waals surface area contributed by atoms with Crippen LogP contribution < -0.4 is 5.32 Å². The maximum Gasteiger partial charge on any atom is 0.317 e. The Morgan fingerprint density at radius 3 is 3.20 bits per heavy atom. The minimum Gasteiger partial charge on any atom is -0.375 e. The molecule has 1 N–H and O–H groups in total. The van der Waals surface area contributed by atoms with Crippen LogP contribution in [0.25, 0.3) is 10.2 Å². The molecule has 2 heterocycles. The third-order valence-corrected chi connectivity index (χ3v) is 4.29. The van der Waals surface area contributed by atoms with Crippen molar-refractivity contribution in [3.05, 3.63) is 29.3 Å². The minimum atomic E-state index is -0.0422. The summed E-state index contributed by atoms with van der Waals surface area (Å²) in [6.07, 6.45) is 0.108. The number of urea groups is 1. The molecule has 0 bridgehead atoms. The number of nitrogens with one attached hydrogen (secondary N) is 1. The van der Waals surface area contributed by atoms with E-state index in [9.17, 15) is 4.79 Å². The molecule has 1 aliphatic heterocycles. The number of morpholine rings is 1. The summed E-state index contributed by atoms with van der Waals surface area (Å²) in [5.74, 6) is 0. The molecule has 0 unspecified atom stereocenters. The number of ether oxygens (including phenoxy) is 1. The van der Waals surface area contributed by atoms with Crippen molar-refractivity contribution >= 4 is 27.6 Å². The summed E-state index contributed by atoms with van der Waals surface area (Å²) >= 11 is 1.62. The predicted molar refractivity (Wildman–Crippen MR) is 78.8 cm³/mol. The summed E-state index contributed by atoms with van der Waals surface area (Å²) in [7, 11) is 0. The molecular formula is C14H17N3O2S. The Morgan fingerprint density at radius 1 is 1.55 bits per heavy atom. The van der Waals surface area contributed by atoms with E-state index in [2.05, 4.69) is 10.3 Å². The van der Waals surface area contributed by atoms with E-state index in [1.165, 1.54) is 0 Å². The van der Waals surface area contributed by atoms with Gasteiger partial charge in [0.2, 0.25) is 0 Å². The quantitative estimate of drug-likeness (QED) is 0.923. The molecule has 0 aliphatic carbocycles. The maximum absolute atomic E-state index is 12.1. The molecule has 1 aromatic heterocycles. The van der Waals surface area contributed by atoms with Gasteiger partial charge in [0.15, 0.2) is 0 Å². The monoisotopic (exact) mass is 291 g/mol. The largest absolute Gasteiger partial charge is 0.375 e. The molecule has 1 fully saturated rings. The number of carbonyl (C=O) groups excluding carboxylic acids is 1. The predicted octanol–water partition coefficient (Wildman–Crippen LogP) is 2.23. The molecular weight excluding hydrogens is 274 g/mol. The molecule has 0 radical (unpaired) electrons. The highest BCUT2D eigenvalue weighted by atomic mass is 32.1. The zero-order chi connectivity index (χ0) is 13.9. The SMILES string of the molecule is C[C@H]1CN(C(=O)NCc2nc3ccccc3s2)CCO1. The van der Waals surface area contributed by atoms with Crippen LogP contribution in [-0.2, 0) is 11.3 Å². The van der Waals surface area contributed by atoms with Gasteiger partial charge in [-0.3, -0.25) is 0 Å². The first-order valence-electron chi connectivity index (χ1n) is 6.71. The first-order valence-corrected chi connectivity index (χ1v) is 7.53. The molecule has 2 aromatic rings. The van der Waals surface area contributed by atoms with Gasteiger partial charge in [0, 0.05) is 13.1 Å². The summed E-state index contributed by atoms with van der Waals surface area (Å²) in [6, 6.07) is 7.96. The van der Waals surface area contributed by atoms with E-state index in [0.29, 0.717) is 26.2 Å². The number of para-hydroxylation sites is 1. The van der Waals surface area contributed by atoms with Crippen molar-refractivity contribution in [1.29, 1.82) is 0 Å². The van der Waals surface area contributed by atoms with E-state index in [1.807, 2.05) is 31.2 Å². The van der Waals surface area contributed by atoms with Crippen LogP contribution in [0.3, 0.4) is 0 Å². The zero-order valence-electron chi connectivity index (χ0n) is 11.3. The number of thiazole rings is 1. The van der Waals surface area contributed by atoms with Gasteiger partial charge in [-0.1, -0.05) is 12.1 Å². The molecule has 1 aliphatic rings. The summed E-state index contributed by atoms with van der Waals surface area (Å²) < 4.78 is 6.58. The summed E-state index contributed by atoms with van der Waals surface area (Å²) in [6.45, 7) is 4.36. The van der Waals surface area contributed by atoms with Crippen molar-refractivity contribution in [3.63, 3.8) is 0 Å². The average molecular weight is 291 g/mol. The fraction of sp³-hybridized carbons (Fsp3) is 0.429. The smallest absolute Gasteiger partial charge is 0.317 e. The van der Waals surface area contributed by atoms with E-state index < -0.39 is 0 Å². The third kappa shape index (κ3) is 2.91. The number of aromatic nitrogens is 1. The lowest BCUT2D eigenvalue weighted by Gasteiger charge is -2.31. The number of amides is 2. The van der Waals surface area contributed by atoms with Gasteiger partial charge < -0.3 is 15.0 Å². The molecule has 5 nitrogen and oxygen atoms in total. The average Bonchev–Trinajstić information content (AvgIpc) is 2.87. The van der Waals surface area contributed by atoms with Crippen molar-refractivity contribution in [2.24, 2.45) is 0 Å². The van der Waals surface area contributed by atoms with Gasteiger partial charge in [-0.2, -0.15) is 0 Å². The topological polar surface area (TPSA) is 54.5 Å². The Balaban J connectivity index is 1.59. The molecule has 3 rings (SSSR count). The second-order valence-electron chi connectivity index (χ2n) is 4.86. The van der Waals surface area contributed by atoms with Crippen LogP contribution in [0, 0.1) is 0 Å². The first kappa shape index (κ1) is 13.3. The van der Waals surface area contributed by atoms with Gasteiger partial charge >= 0.3 is 6.03 Å². The Bertz CT molecular complexity index is 580. The van der Waals surface area contributed by atoms with Crippen LogP contribution in [0.5, 0.6) is 0 Å². The first-order chi connectivity index (χ1) is 9.72. The van der Waals surface area contributed by atoms with Gasteiger partial charge in [-0.15, -0.1) is 11.3 Å². The molecule has 1 atom stereocenters. The van der Waals surface area contributed by atoms with Gasteiger partial charge in [0.1, 0.15) is 5.01 Å². The van der Waals surface area contributed by atoms with Crippen LogP contribution in [0.1, 0.15) is 11.9 Å². The summed E-state index contributed by atoms with van der Waals surface area (Å²) in [5, 5.41) is 3.86. The molecule has 106 valence electrons. The molecule has 6 heteroatoms. The normalized spacial score (nSPS) is 19.2. The fourth-order valence-corrected chi connectivity index (χ4v) is 3.17. The van der Waals surface area contributed by atoms with Crippen molar-refractivity contribution in [2.45, 2.75) is 19.6 Å². The highest BCUT2D eigenvalue weighted by molar-refractivity contribution is 7.18. The Hall–Kier alpha value is -1.66. The van der Waals surface area contributed by atoms with Crippen LogP contribution in [0.15, 0.2) is 24.3 Å². The van der Waals surface area contributed by atoms with Crippen LogP contribution in [0.4, 0.5) is 4.79 Å². The van der Waals surface area contributed by atoms with Crippen molar-refractivity contribution in [2.75, 3.05) is 19.7 Å². The lowest BCUT2D eigenvalue weighted by Crippen LogP contribution is -2.48. The van der Waals surface area contributed by atoms with E-state index in [-0.39, 0.29) is 12.1 Å². The van der Waals surface area contributed by atoms with Gasteiger partial charge in [0.05, 0.1) is 29.5 Å². The lowest BCUT2D eigenvalue weighted by atomic mass is 10.3. The van der Waals surface area contributed by atoms with Crippen LogP contribution in [0.2, 0.25) is 0 Å². The molecule has 0 spiro atoms. The van der Waals surface area contributed by atoms with Crippen LogP contribution >= 0.6 is 11.3 Å². The second kappa shape index (κ2) is 5.76. The van der Waals surface area contributed by atoms with E-state index >= 15 is 0 Å². The van der Waals surface area contributed by atoms with Gasteiger partial charge in [0.25, 0.3) is 0 Å². The van der Waals surface area contributed by atoms with Gasteiger partial charge in [-0.25, -0.2) is 9.78 Å². The Labute approximate surface area is 121 Å². The van der Waals surface area contributed by atoms with E-state index in [1.54, 1.807) is 16.2 Å². The number of hydrogen-bond donors (Lipinski definition) is 1. The minimum absolute atomic E-state index is 0.0422. The zero-order valence-corrected chi connectivity index (χ0v) is 12.2. The highest BCUT2D eigenvalue weighted by Gasteiger charge is 2.21. The second-order valence-corrected chi connectivity index (χ2v) is 5.98. The van der Waals surface area contributed by atoms with Gasteiger partial charge in [-0.05, 0) is 19.1 Å². The summed E-state index contributed by atoms with van der Waals surface area (Å²) in [4.78, 5) is 18.4. The van der Waals surface area contributed by atoms with E-state index in [4.69, 9.17) is 4.74 Å². The molecule has 2 amide bonds. The Morgan fingerprint density at radius 2 is 2.40 bits per heavy atom. The van der Waals surface area contributed by atoms with E-state index in [0.717, 1.165) is 15.2 Å². The van der Waals surface area contributed by atoms with Crippen molar-refractivity contribution in [1.82, 2.24) is 15.2 Å². The van der Waals surface area contributed by atoms with Crippen molar-refractivity contribution < 1.29 is 9.53 Å². The molecule has 20 heavy (non-hydrogen) atoms. The number of hydrogen-bond acceptors (Lipinski definition) is 4. The number of nitrogens with zero attached hydrogens (tertiary/aromatic N) is 2. The number of benzene rings is 1. The number of fused-ring (bicyclic) bond motifs is 1. The standard InChI is InChI=1S/C14H17N3O2S/c1-10-9-17(6-7-19-10)14(18)15-8-13-16-11-4-2-3-5-12(11)20-13/h2-5,10H,6-9H2,1H3,(H,15,18)/t10-/m0/s1. The number of carbonyl (C=O) groups is 1. The highest BCUT2D eigenvalue weighted by Crippen LogP contribution is 2.21. The lowest BCUT2D eigenvalue weighted by molar-refractivity contribution is -0.00351. The summed E-state index contributed by atoms with van der Waals surface area (Å²) in [5.41, 5.74) is 0.988. The van der Waals surface area contributed by atoms with Crippen molar-refractivity contribution in [3.8, 4) is 0 Å². The molecule has 1 aromatic carbocycles. The van der Waals surface area contributed by atoms with Crippen LogP contribution in [-0.4, -0.2) is 41.7 Å².